The first-order chi connectivity index (χ1) is 11.4. The summed E-state index contributed by atoms with van der Waals surface area (Å²) in [5.41, 5.74) is 0.820. The number of amides is 2. The van der Waals surface area contributed by atoms with E-state index in [4.69, 9.17) is 0 Å². The van der Waals surface area contributed by atoms with Crippen molar-refractivity contribution in [2.24, 2.45) is 0 Å². The minimum absolute atomic E-state index is 0.186. The second-order valence-electron chi connectivity index (χ2n) is 4.56. The van der Waals surface area contributed by atoms with E-state index in [9.17, 15) is 18.0 Å². The highest BCUT2D eigenvalue weighted by atomic mass is 32.2. The molecule has 0 aliphatic carbocycles. The molecule has 0 aliphatic heterocycles. The van der Waals surface area contributed by atoms with Crippen LogP contribution in [0.4, 0.5) is 18.0 Å². The molecule has 0 spiro atoms. The Bertz CT molecular complexity index is 675. The van der Waals surface area contributed by atoms with Gasteiger partial charge >= 0.3 is 18.1 Å². The van der Waals surface area contributed by atoms with E-state index >= 15 is 0 Å². The third kappa shape index (κ3) is 5.11. The summed E-state index contributed by atoms with van der Waals surface area (Å²) < 4.78 is 41.4. The molecule has 0 saturated heterocycles. The van der Waals surface area contributed by atoms with Crippen molar-refractivity contribution in [1.82, 2.24) is 25.8 Å². The number of rotatable bonds is 6. The molecule has 2 amide bonds. The number of nitrogens with one attached hydrogen (secondary N) is 2. The zero-order chi connectivity index (χ0) is 17.6. The molecule has 0 atom stereocenters. The Balaban J connectivity index is 1.91. The molecule has 0 saturated carbocycles. The highest BCUT2D eigenvalue weighted by Gasteiger charge is 2.38. The quantitative estimate of drug-likeness (QED) is 0.767. The summed E-state index contributed by atoms with van der Waals surface area (Å²) in [4.78, 5) is 18.8. The van der Waals surface area contributed by atoms with Crippen molar-refractivity contribution in [3.05, 3.63) is 29.9 Å². The monoisotopic (exact) mass is 361 g/mol. The third-order valence-electron chi connectivity index (χ3n) is 2.77. The fraction of sp³-hybridized carbons (Fsp3) is 0.385. The summed E-state index contributed by atoms with van der Waals surface area (Å²) in [5.74, 6) is -0.806. The number of carbonyl (C=O) groups excluding carboxylic acids is 1. The Morgan fingerprint density at radius 1 is 1.33 bits per heavy atom. The van der Waals surface area contributed by atoms with E-state index in [1.807, 2.05) is 6.26 Å². The summed E-state index contributed by atoms with van der Waals surface area (Å²) in [6, 6.07) is 2.74. The van der Waals surface area contributed by atoms with Crippen LogP contribution in [0, 0.1) is 0 Å². The molecule has 0 radical (unpaired) electrons. The van der Waals surface area contributed by atoms with Gasteiger partial charge in [-0.3, -0.25) is 4.98 Å². The smallest absolute Gasteiger partial charge is 0.337 e. The molecule has 0 bridgehead atoms. The number of pyridine rings is 1. The van der Waals surface area contributed by atoms with E-state index in [-0.39, 0.29) is 24.0 Å². The van der Waals surface area contributed by atoms with Gasteiger partial charge in [0.15, 0.2) is 0 Å². The lowest BCUT2D eigenvalue weighted by Crippen LogP contribution is -2.36. The van der Waals surface area contributed by atoms with Gasteiger partial charge in [-0.05, 0) is 18.4 Å². The average molecular weight is 361 g/mol. The number of urea groups is 1. The summed E-state index contributed by atoms with van der Waals surface area (Å²) in [7, 11) is 0. The second kappa shape index (κ2) is 7.99. The summed E-state index contributed by atoms with van der Waals surface area (Å²) in [6.45, 7) is 0.740. The summed E-state index contributed by atoms with van der Waals surface area (Å²) in [6.07, 6.45) is -1.44. The molecular formula is C13H14F3N5O2S. The van der Waals surface area contributed by atoms with Gasteiger partial charge in [-0.25, -0.2) is 4.79 Å². The molecule has 0 aromatic carbocycles. The van der Waals surface area contributed by atoms with E-state index in [1.165, 1.54) is 12.3 Å². The van der Waals surface area contributed by atoms with Gasteiger partial charge < -0.3 is 15.2 Å². The lowest BCUT2D eigenvalue weighted by molar-refractivity contribution is -0.159. The molecule has 2 aromatic rings. The van der Waals surface area contributed by atoms with Crippen LogP contribution >= 0.6 is 11.8 Å². The molecule has 11 heteroatoms. The van der Waals surface area contributed by atoms with Gasteiger partial charge in [0.25, 0.3) is 0 Å². The molecule has 2 N–H and O–H groups in total. The number of carbonyl (C=O) groups is 1. The predicted molar refractivity (Wildman–Crippen MR) is 81.2 cm³/mol. The topological polar surface area (TPSA) is 92.9 Å². The van der Waals surface area contributed by atoms with E-state index in [0.29, 0.717) is 12.2 Å². The van der Waals surface area contributed by atoms with Crippen molar-refractivity contribution in [1.29, 1.82) is 0 Å². The SMILES string of the molecule is CSCCNC(=O)NCc1ccc(-c2noc(C(F)(F)F)n2)cn1. The maximum Gasteiger partial charge on any atom is 0.471 e. The third-order valence-corrected chi connectivity index (χ3v) is 3.39. The van der Waals surface area contributed by atoms with Crippen LogP contribution in [0.5, 0.6) is 0 Å². The normalized spacial score (nSPS) is 11.3. The standard InChI is InChI=1S/C13H14F3N5O2S/c1-24-5-4-17-12(22)19-7-9-3-2-8(6-18-9)10-20-11(23-21-10)13(14,15)16/h2-3,6H,4-5,7H2,1H3,(H2,17,19,22). The van der Waals surface area contributed by atoms with Crippen molar-refractivity contribution >= 4 is 17.8 Å². The van der Waals surface area contributed by atoms with E-state index in [2.05, 4.69) is 30.3 Å². The van der Waals surface area contributed by atoms with Crippen LogP contribution in [0.15, 0.2) is 22.9 Å². The summed E-state index contributed by atoms with van der Waals surface area (Å²) in [5, 5.41) is 8.56. The van der Waals surface area contributed by atoms with Gasteiger partial charge in [-0.2, -0.15) is 29.9 Å². The van der Waals surface area contributed by atoms with Gasteiger partial charge in [-0.1, -0.05) is 5.16 Å². The molecule has 0 aliphatic rings. The van der Waals surface area contributed by atoms with Crippen molar-refractivity contribution in [3.8, 4) is 11.4 Å². The first-order valence-corrected chi connectivity index (χ1v) is 8.16. The first kappa shape index (κ1) is 18.0. The van der Waals surface area contributed by atoms with Crippen molar-refractivity contribution < 1.29 is 22.5 Å². The fourth-order valence-corrected chi connectivity index (χ4v) is 1.92. The number of thioether (sulfide) groups is 1. The van der Waals surface area contributed by atoms with Crippen LogP contribution in [-0.2, 0) is 12.7 Å². The zero-order valence-corrected chi connectivity index (χ0v) is 13.4. The minimum Gasteiger partial charge on any atom is -0.337 e. The lowest BCUT2D eigenvalue weighted by atomic mass is 10.2. The first-order valence-electron chi connectivity index (χ1n) is 6.77. The van der Waals surface area contributed by atoms with Gasteiger partial charge in [0.1, 0.15) is 0 Å². The molecule has 24 heavy (non-hydrogen) atoms. The minimum atomic E-state index is -4.69. The summed E-state index contributed by atoms with van der Waals surface area (Å²) >= 11 is 1.62. The number of hydrogen-bond acceptors (Lipinski definition) is 6. The highest BCUT2D eigenvalue weighted by molar-refractivity contribution is 7.98. The molecule has 130 valence electrons. The number of aromatic nitrogens is 3. The zero-order valence-electron chi connectivity index (χ0n) is 12.6. The average Bonchev–Trinajstić information content (AvgIpc) is 3.04. The number of hydrogen-bond donors (Lipinski definition) is 2. The maximum atomic E-state index is 12.4. The van der Waals surface area contributed by atoms with E-state index in [0.717, 1.165) is 5.75 Å². The van der Waals surface area contributed by atoms with Crippen LogP contribution in [-0.4, -0.2) is 39.7 Å². The number of nitrogens with zero attached hydrogens (tertiary/aromatic N) is 3. The van der Waals surface area contributed by atoms with E-state index < -0.39 is 12.1 Å². The Labute approximate surface area is 139 Å². The Hall–Kier alpha value is -2.30. The predicted octanol–water partition coefficient (Wildman–Crippen LogP) is 2.31. The van der Waals surface area contributed by atoms with Crippen molar-refractivity contribution in [2.45, 2.75) is 12.7 Å². The van der Waals surface area contributed by atoms with Gasteiger partial charge in [-0.15, -0.1) is 0 Å². The second-order valence-corrected chi connectivity index (χ2v) is 5.55. The Morgan fingerprint density at radius 2 is 2.12 bits per heavy atom. The molecule has 0 unspecified atom stereocenters. The number of halogens is 3. The van der Waals surface area contributed by atoms with Crippen LogP contribution in [0.2, 0.25) is 0 Å². The Kier molecular flexibility index (Phi) is 6.01. The highest BCUT2D eigenvalue weighted by Crippen LogP contribution is 2.29. The molecule has 0 fully saturated rings. The maximum absolute atomic E-state index is 12.4. The molecular weight excluding hydrogens is 347 g/mol. The molecule has 2 heterocycles. The van der Waals surface area contributed by atoms with Crippen LogP contribution in [0.25, 0.3) is 11.4 Å². The fourth-order valence-electron chi connectivity index (χ4n) is 1.62. The van der Waals surface area contributed by atoms with Crippen LogP contribution in [0.3, 0.4) is 0 Å². The van der Waals surface area contributed by atoms with Gasteiger partial charge in [0, 0.05) is 24.1 Å². The largest absolute Gasteiger partial charge is 0.471 e. The van der Waals surface area contributed by atoms with Gasteiger partial charge in [0.2, 0.25) is 5.82 Å². The Morgan fingerprint density at radius 3 is 2.71 bits per heavy atom. The van der Waals surface area contributed by atoms with Crippen molar-refractivity contribution in [3.63, 3.8) is 0 Å². The van der Waals surface area contributed by atoms with Crippen LogP contribution < -0.4 is 10.6 Å². The van der Waals surface area contributed by atoms with Crippen molar-refractivity contribution in [2.75, 3.05) is 18.6 Å². The van der Waals surface area contributed by atoms with Gasteiger partial charge in [0.05, 0.1) is 12.2 Å². The number of alkyl halides is 3. The lowest BCUT2D eigenvalue weighted by Gasteiger charge is -2.06. The molecule has 7 nitrogen and oxygen atoms in total. The van der Waals surface area contributed by atoms with Crippen LogP contribution in [0.1, 0.15) is 11.6 Å². The molecule has 2 rings (SSSR count). The van der Waals surface area contributed by atoms with E-state index in [1.54, 1.807) is 17.8 Å². The molecule has 2 aromatic heterocycles.